The fourth-order valence-corrected chi connectivity index (χ4v) is 11.4. The van der Waals surface area contributed by atoms with Crippen LogP contribution in [0.2, 0.25) is 0 Å². The third-order valence-electron chi connectivity index (χ3n) is 13.6. The van der Waals surface area contributed by atoms with E-state index >= 15 is 0 Å². The first kappa shape index (κ1) is 30.5. The standard InChI is InChI=1S/C33H45N5O8/c1-31-9-7-18(40)12-17(31)3-5-21-24(31)26(27(42)32(2)20(8-10-33(21,32)44)16-11-23(41)45-14-16)38-29-25(28(43)36-30(38)34)35-15-37(29)22-6-4-19(13-39)46-22/h11,15,17-22,24,26-27,39-40,42,44H,3-10,12-14H2,1-2H3,(H2,34,36,43)/t17-,18+,19+,20-,21-,22?,24-,26?,27-,31+,32+,33+/m1/s1. The van der Waals surface area contributed by atoms with Crippen molar-refractivity contribution in [3.8, 4) is 0 Å². The van der Waals surface area contributed by atoms with E-state index in [1.807, 2.05) is 6.92 Å². The molecule has 13 heteroatoms. The van der Waals surface area contributed by atoms with Gasteiger partial charge in [0.1, 0.15) is 12.8 Å². The molecule has 0 spiro atoms. The van der Waals surface area contributed by atoms with Crippen molar-refractivity contribution < 1.29 is 34.7 Å². The van der Waals surface area contributed by atoms with Crippen LogP contribution in [0.4, 0.5) is 5.95 Å². The molecule has 2 aromatic rings. The van der Waals surface area contributed by atoms with Gasteiger partial charge in [-0.25, -0.2) is 9.78 Å². The summed E-state index contributed by atoms with van der Waals surface area (Å²) in [4.78, 5) is 34.2. The summed E-state index contributed by atoms with van der Waals surface area (Å²) in [5.74, 6) is -1.15. The second kappa shape index (κ2) is 10.3. The summed E-state index contributed by atoms with van der Waals surface area (Å²) >= 11 is 0. The van der Waals surface area contributed by atoms with Crippen LogP contribution in [0.15, 0.2) is 22.8 Å². The molecule has 0 radical (unpaired) electrons. The van der Waals surface area contributed by atoms with E-state index in [4.69, 9.17) is 15.2 Å². The molecule has 4 aliphatic carbocycles. The predicted molar refractivity (Wildman–Crippen MR) is 164 cm³/mol. The summed E-state index contributed by atoms with van der Waals surface area (Å²) < 4.78 is 15.0. The van der Waals surface area contributed by atoms with Gasteiger partial charge in [0.05, 0.1) is 42.9 Å². The predicted octanol–water partition coefficient (Wildman–Crippen LogP) is 1.58. The van der Waals surface area contributed by atoms with E-state index in [2.05, 4.69) is 16.9 Å². The zero-order valence-electron chi connectivity index (χ0n) is 26.4. The van der Waals surface area contributed by atoms with Gasteiger partial charge in [-0.1, -0.05) is 13.8 Å². The monoisotopic (exact) mass is 639 g/mol. The smallest absolute Gasteiger partial charge is 0.331 e. The molecule has 4 heterocycles. The molecule has 0 aromatic carbocycles. The van der Waals surface area contributed by atoms with E-state index in [0.29, 0.717) is 57.0 Å². The topological polar surface area (TPSA) is 195 Å². The van der Waals surface area contributed by atoms with E-state index < -0.39 is 47.0 Å². The van der Waals surface area contributed by atoms with Gasteiger partial charge in [0.25, 0.3) is 0 Å². The van der Waals surface area contributed by atoms with Crippen LogP contribution >= 0.6 is 0 Å². The van der Waals surface area contributed by atoms with Crippen molar-refractivity contribution in [2.45, 2.75) is 108 Å². The Labute approximate surface area is 266 Å². The summed E-state index contributed by atoms with van der Waals surface area (Å²) in [5, 5.41) is 46.5. The molecule has 5 fully saturated rings. The number of hydrogen-bond donors (Lipinski definition) is 5. The van der Waals surface area contributed by atoms with Crippen molar-refractivity contribution >= 4 is 23.1 Å². The van der Waals surface area contributed by atoms with E-state index in [1.165, 1.54) is 6.08 Å². The number of nitrogens with zero attached hydrogens (tertiary/aromatic N) is 4. The van der Waals surface area contributed by atoms with Crippen LogP contribution in [-0.4, -0.2) is 82.6 Å². The molecule has 0 amide bonds. The van der Waals surface area contributed by atoms with Crippen LogP contribution in [0.1, 0.15) is 83.9 Å². The van der Waals surface area contributed by atoms with Crippen LogP contribution in [0.3, 0.4) is 0 Å². The molecule has 2 aromatic heterocycles. The van der Waals surface area contributed by atoms with Gasteiger partial charge < -0.3 is 35.6 Å². The molecule has 8 rings (SSSR count). The number of carbonyl (C=O) groups is 1. The minimum absolute atomic E-state index is 0.0532. The SMILES string of the molecule is C[C@]12CC[C@H](O)C[C@H]1CC[C@@H]1[C@@H]2C(n2c(N)nc(=O)c3ncn(C4CC[C@@H](CO)O4)c32)[C@@H](O)[C@]2(C)[C@@H](C3=CC(=O)OC3)CC[C@]12O. The van der Waals surface area contributed by atoms with Crippen LogP contribution in [0.5, 0.6) is 0 Å². The minimum atomic E-state index is -1.25. The van der Waals surface area contributed by atoms with E-state index in [-0.39, 0.29) is 59.9 Å². The highest BCUT2D eigenvalue weighted by Crippen LogP contribution is 2.72. The Kier molecular flexibility index (Phi) is 6.85. The van der Waals surface area contributed by atoms with Gasteiger partial charge in [-0.3, -0.25) is 13.9 Å². The van der Waals surface area contributed by atoms with Crippen LogP contribution in [-0.2, 0) is 14.3 Å². The number of esters is 1. The maximum Gasteiger partial charge on any atom is 0.331 e. The number of nitrogens with two attached hydrogens (primary N) is 1. The summed E-state index contributed by atoms with van der Waals surface area (Å²) in [6, 6.07) is -0.723. The Hall–Kier alpha value is -2.84. The molecule has 46 heavy (non-hydrogen) atoms. The summed E-state index contributed by atoms with van der Waals surface area (Å²) in [6.07, 6.45) is 6.43. The van der Waals surface area contributed by atoms with Crippen molar-refractivity contribution in [1.29, 1.82) is 0 Å². The number of hydrogen-bond acceptors (Lipinski definition) is 11. The molecule has 13 nitrogen and oxygen atoms in total. The fourth-order valence-electron chi connectivity index (χ4n) is 11.4. The number of carbonyl (C=O) groups excluding carboxylic acids is 1. The number of aromatic nitrogens is 4. The first-order valence-electron chi connectivity index (χ1n) is 16.9. The number of fused-ring (bicyclic) bond motifs is 6. The van der Waals surface area contributed by atoms with Crippen molar-refractivity contribution in [1.82, 2.24) is 19.1 Å². The molecule has 12 atom stereocenters. The first-order valence-corrected chi connectivity index (χ1v) is 16.9. The highest BCUT2D eigenvalue weighted by atomic mass is 16.5. The van der Waals surface area contributed by atoms with Gasteiger partial charge >= 0.3 is 11.5 Å². The number of ether oxygens (including phenoxy) is 2. The van der Waals surface area contributed by atoms with Crippen molar-refractivity contribution in [2.75, 3.05) is 18.9 Å². The number of anilines is 1. The molecule has 1 saturated heterocycles. The number of nitrogen functional groups attached to an aromatic ring is 1. The molecule has 6 N–H and O–H groups in total. The highest BCUT2D eigenvalue weighted by Gasteiger charge is 2.74. The number of aliphatic hydroxyl groups excluding tert-OH is 3. The van der Waals surface area contributed by atoms with Crippen molar-refractivity contribution in [3.05, 3.63) is 28.3 Å². The Morgan fingerprint density at radius 1 is 1.09 bits per heavy atom. The lowest BCUT2D eigenvalue weighted by molar-refractivity contribution is -0.264. The van der Waals surface area contributed by atoms with Crippen molar-refractivity contribution in [3.63, 3.8) is 0 Å². The van der Waals surface area contributed by atoms with E-state index in [0.717, 1.165) is 12.0 Å². The number of aliphatic hydroxyl groups is 4. The summed E-state index contributed by atoms with van der Waals surface area (Å²) in [7, 11) is 0. The quantitative estimate of drug-likeness (QED) is 0.305. The second-order valence-electron chi connectivity index (χ2n) is 15.3. The zero-order valence-corrected chi connectivity index (χ0v) is 26.4. The summed E-state index contributed by atoms with van der Waals surface area (Å²) in [6.45, 7) is 4.17. The number of imidazole rings is 1. The van der Waals surface area contributed by atoms with Crippen LogP contribution in [0, 0.1) is 34.5 Å². The Bertz CT molecular complexity index is 1670. The second-order valence-corrected chi connectivity index (χ2v) is 15.3. The Morgan fingerprint density at radius 3 is 2.61 bits per heavy atom. The lowest BCUT2D eigenvalue weighted by Crippen LogP contribution is -2.70. The summed E-state index contributed by atoms with van der Waals surface area (Å²) in [5.41, 5.74) is 4.73. The van der Waals surface area contributed by atoms with Crippen molar-refractivity contribution in [2.24, 2.45) is 34.5 Å². The molecule has 250 valence electrons. The Balaban J connectivity index is 1.37. The van der Waals surface area contributed by atoms with Crippen LogP contribution in [0.25, 0.3) is 11.2 Å². The van der Waals surface area contributed by atoms with Gasteiger partial charge in [0.15, 0.2) is 11.2 Å². The van der Waals surface area contributed by atoms with E-state index in [1.54, 1.807) is 15.5 Å². The lowest BCUT2D eigenvalue weighted by atomic mass is 9.41. The van der Waals surface area contributed by atoms with Gasteiger partial charge in [-0.2, -0.15) is 4.98 Å². The van der Waals surface area contributed by atoms with Gasteiger partial charge in [0, 0.05) is 11.5 Å². The third-order valence-corrected chi connectivity index (χ3v) is 13.6. The van der Waals surface area contributed by atoms with Gasteiger partial charge in [-0.15, -0.1) is 0 Å². The molecule has 4 saturated carbocycles. The molecule has 6 aliphatic rings. The van der Waals surface area contributed by atoms with Gasteiger partial charge in [-0.05, 0) is 92.4 Å². The molecule has 2 unspecified atom stereocenters. The zero-order chi connectivity index (χ0) is 32.3. The minimum Gasteiger partial charge on any atom is -0.458 e. The Morgan fingerprint density at radius 2 is 1.89 bits per heavy atom. The fraction of sp³-hybridized carbons (Fsp3) is 0.758. The molecule has 0 bridgehead atoms. The first-order chi connectivity index (χ1) is 21.9. The third kappa shape index (κ3) is 3.92. The molecule has 2 aliphatic heterocycles. The molecular formula is C33H45N5O8. The normalized spacial score (nSPS) is 45.3. The lowest BCUT2D eigenvalue weighted by Gasteiger charge is -2.67. The van der Waals surface area contributed by atoms with Gasteiger partial charge in [0.2, 0.25) is 5.95 Å². The van der Waals surface area contributed by atoms with Crippen LogP contribution < -0.4 is 11.3 Å². The maximum absolute atomic E-state index is 13.3. The average Bonchev–Trinajstić information content (AvgIpc) is 3.81. The number of rotatable bonds is 4. The molecular weight excluding hydrogens is 594 g/mol. The number of cyclic esters (lactones) is 1. The van der Waals surface area contributed by atoms with E-state index in [9.17, 15) is 30.0 Å². The maximum atomic E-state index is 13.3. The largest absolute Gasteiger partial charge is 0.458 e. The highest BCUT2D eigenvalue weighted by molar-refractivity contribution is 5.85. The average molecular weight is 640 g/mol.